The zero-order chi connectivity index (χ0) is 14.5. The molecule has 2 N–H and O–H groups in total. The summed E-state index contributed by atoms with van der Waals surface area (Å²) in [6, 6.07) is 7.29. The van der Waals surface area contributed by atoms with Gasteiger partial charge in [-0.15, -0.1) is 10.2 Å². The van der Waals surface area contributed by atoms with Gasteiger partial charge in [0, 0.05) is 11.3 Å². The lowest BCUT2D eigenvalue weighted by Crippen LogP contribution is -2.39. The third-order valence-corrected chi connectivity index (χ3v) is 3.64. The molecule has 1 aromatic carbocycles. The molecule has 0 saturated carbocycles. The molecule has 6 heteroatoms. The Labute approximate surface area is 123 Å². The van der Waals surface area contributed by atoms with Crippen molar-refractivity contribution in [3.05, 3.63) is 30.7 Å². The van der Waals surface area contributed by atoms with Gasteiger partial charge in [-0.05, 0) is 43.7 Å². The van der Waals surface area contributed by atoms with Gasteiger partial charge >= 0.3 is 0 Å². The summed E-state index contributed by atoms with van der Waals surface area (Å²) >= 11 is 0. The van der Waals surface area contributed by atoms with E-state index in [9.17, 15) is 4.79 Å². The lowest BCUT2D eigenvalue weighted by atomic mass is 10.1. The third kappa shape index (κ3) is 3.46. The van der Waals surface area contributed by atoms with Gasteiger partial charge in [0.05, 0.1) is 6.04 Å². The SMILES string of the molecule is O=C(Nc1ccc(-c2nnco2)cc1)C1CCCCCN1. The van der Waals surface area contributed by atoms with Crippen molar-refractivity contribution >= 4 is 11.6 Å². The van der Waals surface area contributed by atoms with Crippen LogP contribution in [-0.2, 0) is 4.79 Å². The van der Waals surface area contributed by atoms with Crippen LogP contribution in [0.2, 0.25) is 0 Å². The third-order valence-electron chi connectivity index (χ3n) is 3.64. The number of hydrogen-bond acceptors (Lipinski definition) is 5. The van der Waals surface area contributed by atoms with Crippen molar-refractivity contribution in [3.63, 3.8) is 0 Å². The molecule has 2 heterocycles. The maximum absolute atomic E-state index is 12.2. The average molecular weight is 286 g/mol. The zero-order valence-corrected chi connectivity index (χ0v) is 11.7. The van der Waals surface area contributed by atoms with Gasteiger partial charge in [0.2, 0.25) is 18.2 Å². The maximum atomic E-state index is 12.2. The van der Waals surface area contributed by atoms with Crippen molar-refractivity contribution < 1.29 is 9.21 Å². The van der Waals surface area contributed by atoms with E-state index < -0.39 is 0 Å². The van der Waals surface area contributed by atoms with E-state index >= 15 is 0 Å². The van der Waals surface area contributed by atoms with E-state index in [0.717, 1.165) is 37.1 Å². The number of hydrogen-bond donors (Lipinski definition) is 2. The summed E-state index contributed by atoms with van der Waals surface area (Å²) in [5.41, 5.74) is 1.60. The first-order chi connectivity index (χ1) is 10.3. The molecular formula is C15H18N4O2. The highest BCUT2D eigenvalue weighted by molar-refractivity contribution is 5.95. The van der Waals surface area contributed by atoms with Gasteiger partial charge in [-0.25, -0.2) is 0 Å². The fourth-order valence-electron chi connectivity index (χ4n) is 2.48. The number of anilines is 1. The maximum Gasteiger partial charge on any atom is 0.247 e. The quantitative estimate of drug-likeness (QED) is 0.904. The summed E-state index contributed by atoms with van der Waals surface area (Å²) in [6.45, 7) is 0.911. The molecule has 1 amide bonds. The molecule has 2 aromatic rings. The van der Waals surface area contributed by atoms with Crippen LogP contribution in [0.15, 0.2) is 35.1 Å². The summed E-state index contributed by atoms with van der Waals surface area (Å²) in [6.07, 6.45) is 5.62. The predicted octanol–water partition coefficient (Wildman–Crippen LogP) is 2.21. The largest absolute Gasteiger partial charge is 0.423 e. The van der Waals surface area contributed by atoms with Gasteiger partial charge in [0.1, 0.15) is 0 Å². The molecule has 1 atom stereocenters. The van der Waals surface area contributed by atoms with Crippen molar-refractivity contribution in [2.75, 3.05) is 11.9 Å². The molecule has 0 radical (unpaired) electrons. The summed E-state index contributed by atoms with van der Waals surface area (Å²) in [7, 11) is 0. The van der Waals surface area contributed by atoms with Crippen molar-refractivity contribution in [1.29, 1.82) is 0 Å². The van der Waals surface area contributed by atoms with Gasteiger partial charge in [-0.3, -0.25) is 4.79 Å². The van der Waals surface area contributed by atoms with Crippen LogP contribution in [0.4, 0.5) is 5.69 Å². The number of benzene rings is 1. The predicted molar refractivity (Wildman–Crippen MR) is 78.6 cm³/mol. The number of aromatic nitrogens is 2. The highest BCUT2D eigenvalue weighted by Gasteiger charge is 2.19. The highest BCUT2D eigenvalue weighted by atomic mass is 16.4. The fourth-order valence-corrected chi connectivity index (χ4v) is 2.48. The number of nitrogens with zero attached hydrogens (tertiary/aromatic N) is 2. The minimum atomic E-state index is -0.0943. The molecule has 1 aliphatic rings. The number of carbonyl (C=O) groups is 1. The molecule has 1 fully saturated rings. The molecule has 3 rings (SSSR count). The van der Waals surface area contributed by atoms with Crippen molar-refractivity contribution in [2.45, 2.75) is 31.7 Å². The van der Waals surface area contributed by atoms with E-state index in [4.69, 9.17) is 4.42 Å². The lowest BCUT2D eigenvalue weighted by molar-refractivity contribution is -0.118. The Hall–Kier alpha value is -2.21. The Morgan fingerprint density at radius 3 is 2.86 bits per heavy atom. The van der Waals surface area contributed by atoms with Crippen LogP contribution >= 0.6 is 0 Å². The summed E-state index contributed by atoms with van der Waals surface area (Å²) in [5.74, 6) is 0.501. The van der Waals surface area contributed by atoms with Gasteiger partial charge in [-0.2, -0.15) is 0 Å². The molecule has 1 saturated heterocycles. The van der Waals surface area contributed by atoms with Gasteiger partial charge < -0.3 is 15.1 Å². The van der Waals surface area contributed by atoms with Crippen molar-refractivity contribution in [1.82, 2.24) is 15.5 Å². The number of amides is 1. The second kappa shape index (κ2) is 6.49. The first-order valence-corrected chi connectivity index (χ1v) is 7.24. The Bertz CT molecular complexity index is 572. The molecule has 21 heavy (non-hydrogen) atoms. The Kier molecular flexibility index (Phi) is 4.25. The summed E-state index contributed by atoms with van der Waals surface area (Å²) < 4.78 is 5.13. The molecule has 0 bridgehead atoms. The van der Waals surface area contributed by atoms with E-state index in [2.05, 4.69) is 20.8 Å². The normalized spacial score (nSPS) is 19.0. The Morgan fingerprint density at radius 2 is 2.10 bits per heavy atom. The lowest BCUT2D eigenvalue weighted by Gasteiger charge is -2.15. The van der Waals surface area contributed by atoms with E-state index in [-0.39, 0.29) is 11.9 Å². The van der Waals surface area contributed by atoms with Crippen LogP contribution in [0.1, 0.15) is 25.7 Å². The van der Waals surface area contributed by atoms with E-state index in [0.29, 0.717) is 5.89 Å². The monoisotopic (exact) mass is 286 g/mol. The first-order valence-electron chi connectivity index (χ1n) is 7.24. The molecule has 0 spiro atoms. The average Bonchev–Trinajstić information content (AvgIpc) is 2.90. The number of nitrogens with one attached hydrogen (secondary N) is 2. The van der Waals surface area contributed by atoms with Crippen molar-refractivity contribution in [2.24, 2.45) is 0 Å². The molecule has 1 unspecified atom stereocenters. The molecule has 110 valence electrons. The van der Waals surface area contributed by atoms with Crippen LogP contribution in [0, 0.1) is 0 Å². The van der Waals surface area contributed by atoms with Crippen LogP contribution in [-0.4, -0.2) is 28.7 Å². The van der Waals surface area contributed by atoms with E-state index in [1.54, 1.807) is 0 Å². The fraction of sp³-hybridized carbons (Fsp3) is 0.400. The molecule has 0 aliphatic carbocycles. The smallest absolute Gasteiger partial charge is 0.247 e. The molecule has 1 aliphatic heterocycles. The molecular weight excluding hydrogens is 268 g/mol. The van der Waals surface area contributed by atoms with E-state index in [1.165, 1.54) is 12.8 Å². The topological polar surface area (TPSA) is 80.1 Å². The van der Waals surface area contributed by atoms with Gasteiger partial charge in [-0.1, -0.05) is 12.8 Å². The molecule has 6 nitrogen and oxygen atoms in total. The van der Waals surface area contributed by atoms with Crippen molar-refractivity contribution in [3.8, 4) is 11.5 Å². The zero-order valence-electron chi connectivity index (χ0n) is 11.7. The van der Waals surface area contributed by atoms with Gasteiger partial charge in [0.15, 0.2) is 0 Å². The van der Waals surface area contributed by atoms with Crippen LogP contribution in [0.5, 0.6) is 0 Å². The minimum absolute atomic E-state index is 0.0300. The standard InChI is InChI=1S/C15H18N4O2/c20-14(13-4-2-1-3-9-16-13)18-12-7-5-11(6-8-12)15-19-17-10-21-15/h5-8,10,13,16H,1-4,9H2,(H,18,20). The second-order valence-electron chi connectivity index (χ2n) is 5.17. The van der Waals surface area contributed by atoms with E-state index in [1.807, 2.05) is 24.3 Å². The number of carbonyl (C=O) groups excluding carboxylic acids is 1. The second-order valence-corrected chi connectivity index (χ2v) is 5.17. The number of rotatable bonds is 3. The summed E-state index contributed by atoms with van der Waals surface area (Å²) in [4.78, 5) is 12.2. The minimum Gasteiger partial charge on any atom is -0.423 e. The van der Waals surface area contributed by atoms with Crippen LogP contribution in [0.25, 0.3) is 11.5 Å². The van der Waals surface area contributed by atoms with Crippen LogP contribution < -0.4 is 10.6 Å². The summed E-state index contributed by atoms with van der Waals surface area (Å²) in [5, 5.41) is 13.7. The highest BCUT2D eigenvalue weighted by Crippen LogP contribution is 2.19. The first kappa shape index (κ1) is 13.8. The Balaban J connectivity index is 1.63. The molecule has 1 aromatic heterocycles. The van der Waals surface area contributed by atoms with Gasteiger partial charge in [0.25, 0.3) is 0 Å². The Morgan fingerprint density at radius 1 is 1.24 bits per heavy atom. The van der Waals surface area contributed by atoms with Crippen LogP contribution in [0.3, 0.4) is 0 Å².